The molecule has 1 atom stereocenters. The molecule has 0 aromatic carbocycles. The second kappa shape index (κ2) is 9.05. The molecule has 2 fully saturated rings. The Morgan fingerprint density at radius 2 is 1.93 bits per heavy atom. The molecule has 1 aromatic rings. The number of ketones is 1. The van der Waals surface area contributed by atoms with Gasteiger partial charge in [-0.05, 0) is 44.5 Å². The molecule has 0 saturated carbocycles. The predicted octanol–water partition coefficient (Wildman–Crippen LogP) is 1.74. The number of rotatable bonds is 8. The van der Waals surface area contributed by atoms with Crippen LogP contribution in [0.1, 0.15) is 62.2 Å². The fourth-order valence-corrected chi connectivity index (χ4v) is 3.59. The van der Waals surface area contributed by atoms with E-state index in [-0.39, 0.29) is 37.9 Å². The molecule has 0 spiro atoms. The van der Waals surface area contributed by atoms with Gasteiger partial charge in [0.2, 0.25) is 0 Å². The van der Waals surface area contributed by atoms with Crippen molar-refractivity contribution in [1.82, 2.24) is 14.9 Å². The molecule has 2 saturated heterocycles. The van der Waals surface area contributed by atoms with Gasteiger partial charge in [0.1, 0.15) is 5.78 Å². The minimum absolute atomic E-state index is 0.0145. The van der Waals surface area contributed by atoms with Crippen molar-refractivity contribution in [3.05, 3.63) is 29.6 Å². The Balaban J connectivity index is 1.39. The largest absolute Gasteiger partial charge is 0.333 e. The summed E-state index contributed by atoms with van der Waals surface area (Å²) in [6.45, 7) is 1.09. The summed E-state index contributed by atoms with van der Waals surface area (Å²) in [6, 6.07) is 4.32. The van der Waals surface area contributed by atoms with Gasteiger partial charge < -0.3 is 4.84 Å². The summed E-state index contributed by atoms with van der Waals surface area (Å²) in [4.78, 5) is 58.1. The summed E-state index contributed by atoms with van der Waals surface area (Å²) in [5, 5.41) is 0.525. The molecule has 0 N–H and O–H groups in total. The van der Waals surface area contributed by atoms with Crippen molar-refractivity contribution in [2.45, 2.75) is 57.4 Å². The van der Waals surface area contributed by atoms with Gasteiger partial charge in [-0.15, -0.1) is 5.06 Å². The van der Waals surface area contributed by atoms with Gasteiger partial charge in [0.25, 0.3) is 11.8 Å². The molecule has 0 bridgehead atoms. The van der Waals surface area contributed by atoms with E-state index < -0.39 is 17.8 Å². The molecule has 0 unspecified atom stereocenters. The molecule has 2 aliphatic heterocycles. The Morgan fingerprint density at radius 1 is 1.18 bits per heavy atom. The first kappa shape index (κ1) is 20.1. The molecule has 28 heavy (non-hydrogen) atoms. The highest BCUT2D eigenvalue weighted by Crippen LogP contribution is 2.29. The standard InChI is InChI=1S/C20H25N3O5/c1-22-11-3-5-17(22)14-7-8-15(21-13-14)12-16(24)4-2-6-20(27)28-23-18(25)9-10-19(23)26/h7-8,13,17H,2-6,9-12H2,1H3/t17-/m0/s1. The lowest BCUT2D eigenvalue weighted by atomic mass is 10.0. The van der Waals surface area contributed by atoms with Gasteiger partial charge in [-0.2, -0.15) is 0 Å². The molecule has 8 heteroatoms. The third-order valence-corrected chi connectivity index (χ3v) is 5.17. The van der Waals surface area contributed by atoms with Gasteiger partial charge >= 0.3 is 5.97 Å². The number of carbonyl (C=O) groups excluding carboxylic acids is 4. The maximum atomic E-state index is 12.1. The first-order valence-electron chi connectivity index (χ1n) is 9.67. The number of hydrogen-bond donors (Lipinski definition) is 0. The molecule has 1 aromatic heterocycles. The average Bonchev–Trinajstić information content (AvgIpc) is 3.23. The maximum Gasteiger partial charge on any atom is 0.333 e. The number of amides is 2. The van der Waals surface area contributed by atoms with Crippen LogP contribution in [0.25, 0.3) is 0 Å². The summed E-state index contributed by atoms with van der Waals surface area (Å²) in [7, 11) is 2.11. The molecule has 2 aliphatic rings. The highest BCUT2D eigenvalue weighted by molar-refractivity contribution is 6.01. The number of Topliss-reactive ketones (excluding diaryl/α,β-unsaturated/α-hetero) is 1. The van der Waals surface area contributed by atoms with E-state index in [2.05, 4.69) is 16.9 Å². The van der Waals surface area contributed by atoms with E-state index in [1.165, 1.54) is 12.0 Å². The van der Waals surface area contributed by atoms with Crippen molar-refractivity contribution in [3.8, 4) is 0 Å². The van der Waals surface area contributed by atoms with E-state index in [4.69, 9.17) is 4.84 Å². The summed E-state index contributed by atoms with van der Waals surface area (Å²) in [5.41, 5.74) is 1.88. The second-order valence-corrected chi connectivity index (χ2v) is 7.34. The van der Waals surface area contributed by atoms with Crippen LogP contribution >= 0.6 is 0 Å². The number of hydroxylamine groups is 2. The lowest BCUT2D eigenvalue weighted by Gasteiger charge is -2.19. The lowest BCUT2D eigenvalue weighted by molar-refractivity contribution is -0.197. The first-order valence-corrected chi connectivity index (χ1v) is 9.67. The van der Waals surface area contributed by atoms with Crippen LogP contribution in [0.4, 0.5) is 0 Å². The normalized spacial score (nSPS) is 20.0. The molecule has 8 nitrogen and oxygen atoms in total. The molecule has 3 heterocycles. The van der Waals surface area contributed by atoms with E-state index in [1.807, 2.05) is 18.3 Å². The minimum Gasteiger partial charge on any atom is -0.330 e. The first-order chi connectivity index (χ1) is 13.4. The predicted molar refractivity (Wildman–Crippen MR) is 98.6 cm³/mol. The summed E-state index contributed by atoms with van der Waals surface area (Å²) in [5.74, 6) is -1.71. The molecule has 150 valence electrons. The van der Waals surface area contributed by atoms with E-state index in [9.17, 15) is 19.2 Å². The van der Waals surface area contributed by atoms with Crippen LogP contribution in [0.3, 0.4) is 0 Å². The van der Waals surface area contributed by atoms with E-state index in [1.54, 1.807) is 0 Å². The number of likely N-dealkylation sites (tertiary alicyclic amines) is 1. The second-order valence-electron chi connectivity index (χ2n) is 7.34. The number of imide groups is 1. The van der Waals surface area contributed by atoms with Crippen molar-refractivity contribution in [2.24, 2.45) is 0 Å². The zero-order chi connectivity index (χ0) is 20.1. The molecule has 0 aliphatic carbocycles. The number of aromatic nitrogens is 1. The number of carbonyl (C=O) groups is 4. The van der Waals surface area contributed by atoms with Crippen LogP contribution in [0, 0.1) is 0 Å². The van der Waals surface area contributed by atoms with Crippen LogP contribution in [-0.2, 0) is 30.4 Å². The Labute approximate surface area is 163 Å². The molecule has 0 radical (unpaired) electrons. The number of hydrogen-bond acceptors (Lipinski definition) is 7. The SMILES string of the molecule is CN1CCC[C@H]1c1ccc(CC(=O)CCCC(=O)ON2C(=O)CCC2=O)nc1. The Hall–Kier alpha value is -2.61. The van der Waals surface area contributed by atoms with E-state index in [0.717, 1.165) is 13.0 Å². The zero-order valence-electron chi connectivity index (χ0n) is 16.1. The van der Waals surface area contributed by atoms with E-state index >= 15 is 0 Å². The number of pyridine rings is 1. The summed E-state index contributed by atoms with van der Waals surface area (Å²) < 4.78 is 0. The Morgan fingerprint density at radius 3 is 2.54 bits per heavy atom. The third-order valence-electron chi connectivity index (χ3n) is 5.17. The van der Waals surface area contributed by atoms with Gasteiger partial charge in [0.15, 0.2) is 0 Å². The maximum absolute atomic E-state index is 12.1. The highest BCUT2D eigenvalue weighted by atomic mass is 16.7. The highest BCUT2D eigenvalue weighted by Gasteiger charge is 2.32. The Kier molecular flexibility index (Phi) is 6.51. The molecule has 3 rings (SSSR count). The molecular weight excluding hydrogens is 362 g/mol. The smallest absolute Gasteiger partial charge is 0.330 e. The van der Waals surface area contributed by atoms with Crippen molar-refractivity contribution in [3.63, 3.8) is 0 Å². The van der Waals surface area contributed by atoms with Crippen molar-refractivity contribution in [1.29, 1.82) is 0 Å². The Bertz CT molecular complexity index is 746. The fraction of sp³-hybridized carbons (Fsp3) is 0.550. The monoisotopic (exact) mass is 387 g/mol. The van der Waals surface area contributed by atoms with Gasteiger partial charge in [-0.25, -0.2) is 4.79 Å². The van der Waals surface area contributed by atoms with Gasteiger partial charge in [-0.1, -0.05) is 6.07 Å². The van der Waals surface area contributed by atoms with Crippen molar-refractivity contribution >= 4 is 23.6 Å². The minimum atomic E-state index is -0.681. The third kappa shape index (κ3) is 5.01. The topological polar surface area (TPSA) is 96.9 Å². The quantitative estimate of drug-likeness (QED) is 0.627. The molecular formula is C20H25N3O5. The van der Waals surface area contributed by atoms with Crippen LogP contribution in [0.2, 0.25) is 0 Å². The van der Waals surface area contributed by atoms with Crippen LogP contribution in [0.5, 0.6) is 0 Å². The van der Waals surface area contributed by atoms with Crippen LogP contribution < -0.4 is 0 Å². The van der Waals surface area contributed by atoms with Crippen molar-refractivity contribution in [2.75, 3.05) is 13.6 Å². The van der Waals surface area contributed by atoms with Gasteiger partial charge in [-0.3, -0.25) is 24.3 Å². The van der Waals surface area contributed by atoms with Crippen LogP contribution in [-0.4, -0.2) is 52.1 Å². The average molecular weight is 387 g/mol. The summed E-state index contributed by atoms with van der Waals surface area (Å²) >= 11 is 0. The molecule has 2 amide bonds. The van der Waals surface area contributed by atoms with E-state index in [0.29, 0.717) is 23.2 Å². The van der Waals surface area contributed by atoms with Crippen LogP contribution in [0.15, 0.2) is 18.3 Å². The summed E-state index contributed by atoms with van der Waals surface area (Å²) in [6.07, 6.45) is 5.00. The number of nitrogens with zero attached hydrogens (tertiary/aromatic N) is 3. The van der Waals surface area contributed by atoms with Gasteiger partial charge in [0, 0.05) is 50.0 Å². The fourth-order valence-electron chi connectivity index (χ4n) is 3.59. The van der Waals surface area contributed by atoms with Gasteiger partial charge in [0.05, 0.1) is 0 Å². The zero-order valence-corrected chi connectivity index (χ0v) is 16.1. The van der Waals surface area contributed by atoms with Crippen molar-refractivity contribution < 1.29 is 24.0 Å². The lowest BCUT2D eigenvalue weighted by Crippen LogP contribution is -2.32.